The summed E-state index contributed by atoms with van der Waals surface area (Å²) in [6.07, 6.45) is 9.53. The summed E-state index contributed by atoms with van der Waals surface area (Å²) in [5.74, 6) is 4.80. The van der Waals surface area contributed by atoms with Gasteiger partial charge < -0.3 is 0 Å². The lowest BCUT2D eigenvalue weighted by atomic mass is 9.82. The Hall–Kier alpha value is 0. The first-order chi connectivity index (χ1) is 4.95. The molecule has 3 fully saturated rings. The molecule has 4 atom stereocenters. The molecular weight excluding hydrogens is 120 g/mol. The van der Waals surface area contributed by atoms with Crippen LogP contribution in [0.1, 0.15) is 38.5 Å². The van der Waals surface area contributed by atoms with Gasteiger partial charge in [-0.2, -0.15) is 0 Å². The van der Waals surface area contributed by atoms with E-state index in [0.717, 1.165) is 0 Å². The summed E-state index contributed by atoms with van der Waals surface area (Å²) in [6, 6.07) is 0. The second-order valence-corrected chi connectivity index (χ2v) is 4.59. The van der Waals surface area contributed by atoms with Crippen LogP contribution < -0.4 is 0 Å². The van der Waals surface area contributed by atoms with Crippen LogP contribution in [0.15, 0.2) is 0 Å². The average molecular weight is 136 g/mol. The highest BCUT2D eigenvalue weighted by molar-refractivity contribution is 4.98. The largest absolute Gasteiger partial charge is 0.0527 e. The van der Waals surface area contributed by atoms with Crippen molar-refractivity contribution in [2.24, 2.45) is 23.7 Å². The number of hydrogen-bond acceptors (Lipinski definition) is 0. The first kappa shape index (κ1) is 5.62. The molecule has 0 aromatic carbocycles. The fourth-order valence-corrected chi connectivity index (χ4v) is 4.02. The Morgan fingerprint density at radius 3 is 1.90 bits per heavy atom. The van der Waals surface area contributed by atoms with Crippen molar-refractivity contribution in [2.75, 3.05) is 0 Å². The predicted molar refractivity (Wildman–Crippen MR) is 41.7 cm³/mol. The number of fused-ring (bicyclic) bond motifs is 5. The van der Waals surface area contributed by atoms with Crippen LogP contribution in [0, 0.1) is 23.7 Å². The third-order valence-corrected chi connectivity index (χ3v) is 4.35. The molecule has 0 N–H and O–H groups in total. The molecule has 0 saturated heterocycles. The van der Waals surface area contributed by atoms with Crippen molar-refractivity contribution in [1.29, 1.82) is 0 Å². The number of rotatable bonds is 0. The smallest absolute Gasteiger partial charge is 0.0355 e. The lowest BCUT2D eigenvalue weighted by molar-refractivity contribution is 0.259. The highest BCUT2D eigenvalue weighted by Crippen LogP contribution is 2.58. The maximum absolute atomic E-state index is 1.62. The SMILES string of the molecule is C1C[C@@H]2[C@@H]3CC[C@H](C3)[C@@H]2C1. The van der Waals surface area contributed by atoms with Gasteiger partial charge in [-0.1, -0.05) is 6.42 Å². The molecule has 0 aromatic heterocycles. The molecule has 0 radical (unpaired) electrons. The Kier molecular flexibility index (Phi) is 1.00. The van der Waals surface area contributed by atoms with E-state index in [4.69, 9.17) is 0 Å². The van der Waals surface area contributed by atoms with Gasteiger partial charge in [-0.05, 0) is 55.8 Å². The summed E-state index contributed by atoms with van der Waals surface area (Å²) in [4.78, 5) is 0. The summed E-state index contributed by atoms with van der Waals surface area (Å²) in [6.45, 7) is 0. The molecular formula is C10H16. The third-order valence-electron chi connectivity index (χ3n) is 4.35. The standard InChI is InChI=1S/C10H16/c1-2-9-7-4-5-8(6-7)10(9)3-1/h7-10H,1-6H2/t7-,8-,9-,10+/m1/s1. The van der Waals surface area contributed by atoms with Crippen LogP contribution in [-0.4, -0.2) is 0 Å². The minimum Gasteiger partial charge on any atom is -0.0527 e. The van der Waals surface area contributed by atoms with Crippen LogP contribution in [0.3, 0.4) is 0 Å². The first-order valence-electron chi connectivity index (χ1n) is 4.95. The average Bonchev–Trinajstić information content (AvgIpc) is 2.60. The van der Waals surface area contributed by atoms with Crippen molar-refractivity contribution < 1.29 is 0 Å². The van der Waals surface area contributed by atoms with Crippen LogP contribution in [0.5, 0.6) is 0 Å². The van der Waals surface area contributed by atoms with Crippen LogP contribution in [0.4, 0.5) is 0 Å². The quantitative estimate of drug-likeness (QED) is 0.480. The van der Waals surface area contributed by atoms with Crippen molar-refractivity contribution in [3.8, 4) is 0 Å². The Morgan fingerprint density at radius 2 is 1.30 bits per heavy atom. The molecule has 3 rings (SSSR count). The molecule has 3 aliphatic rings. The van der Waals surface area contributed by atoms with E-state index in [2.05, 4.69) is 0 Å². The van der Waals surface area contributed by atoms with Crippen LogP contribution in [0.25, 0.3) is 0 Å². The minimum atomic E-state index is 1.19. The van der Waals surface area contributed by atoms with E-state index in [9.17, 15) is 0 Å². The van der Waals surface area contributed by atoms with Crippen molar-refractivity contribution in [2.45, 2.75) is 38.5 Å². The second kappa shape index (κ2) is 1.78. The minimum absolute atomic E-state index is 1.19. The molecule has 0 nitrogen and oxygen atoms in total. The molecule has 0 aliphatic heterocycles. The second-order valence-electron chi connectivity index (χ2n) is 4.59. The van der Waals surface area contributed by atoms with Crippen molar-refractivity contribution in [3.05, 3.63) is 0 Å². The highest BCUT2D eigenvalue weighted by atomic mass is 14.5. The highest BCUT2D eigenvalue weighted by Gasteiger charge is 2.48. The van der Waals surface area contributed by atoms with Crippen molar-refractivity contribution in [3.63, 3.8) is 0 Å². The molecule has 56 valence electrons. The van der Waals surface area contributed by atoms with Gasteiger partial charge in [0, 0.05) is 0 Å². The molecule has 2 bridgehead atoms. The zero-order chi connectivity index (χ0) is 6.55. The van der Waals surface area contributed by atoms with Gasteiger partial charge in [-0.3, -0.25) is 0 Å². The monoisotopic (exact) mass is 136 g/mol. The van der Waals surface area contributed by atoms with Gasteiger partial charge in [-0.15, -0.1) is 0 Å². The van der Waals surface area contributed by atoms with Gasteiger partial charge in [0.25, 0.3) is 0 Å². The van der Waals surface area contributed by atoms with Crippen LogP contribution in [-0.2, 0) is 0 Å². The molecule has 3 aliphatic carbocycles. The normalized spacial score (nSPS) is 57.6. The maximum Gasteiger partial charge on any atom is -0.0355 e. The summed E-state index contributed by atoms with van der Waals surface area (Å²) in [7, 11) is 0. The van der Waals surface area contributed by atoms with E-state index in [0.29, 0.717) is 0 Å². The van der Waals surface area contributed by atoms with E-state index in [1.807, 2.05) is 0 Å². The molecule has 3 saturated carbocycles. The molecule has 0 aromatic rings. The summed E-state index contributed by atoms with van der Waals surface area (Å²) >= 11 is 0. The van der Waals surface area contributed by atoms with Crippen LogP contribution >= 0.6 is 0 Å². The fourth-order valence-electron chi connectivity index (χ4n) is 4.02. The van der Waals surface area contributed by atoms with Gasteiger partial charge in [0.2, 0.25) is 0 Å². The number of hydrogen-bond donors (Lipinski definition) is 0. The lowest BCUT2D eigenvalue weighted by Crippen LogP contribution is -2.15. The van der Waals surface area contributed by atoms with E-state index < -0.39 is 0 Å². The molecule has 0 spiro atoms. The Labute approximate surface area is 63.0 Å². The van der Waals surface area contributed by atoms with Gasteiger partial charge in [-0.25, -0.2) is 0 Å². The van der Waals surface area contributed by atoms with Crippen molar-refractivity contribution >= 4 is 0 Å². The lowest BCUT2D eigenvalue weighted by Gasteiger charge is -2.23. The topological polar surface area (TPSA) is 0 Å². The van der Waals surface area contributed by atoms with Gasteiger partial charge in [0.1, 0.15) is 0 Å². The van der Waals surface area contributed by atoms with Gasteiger partial charge in [0.05, 0.1) is 0 Å². The van der Waals surface area contributed by atoms with E-state index >= 15 is 0 Å². The third kappa shape index (κ3) is 0.538. The summed E-state index contributed by atoms with van der Waals surface area (Å²) < 4.78 is 0. The van der Waals surface area contributed by atoms with Crippen molar-refractivity contribution in [1.82, 2.24) is 0 Å². The van der Waals surface area contributed by atoms with E-state index in [1.165, 1.54) is 23.7 Å². The van der Waals surface area contributed by atoms with Gasteiger partial charge in [0.15, 0.2) is 0 Å². The predicted octanol–water partition coefficient (Wildman–Crippen LogP) is 2.83. The molecule has 0 unspecified atom stereocenters. The Morgan fingerprint density at radius 1 is 0.700 bits per heavy atom. The molecule has 0 heteroatoms. The molecule has 10 heavy (non-hydrogen) atoms. The zero-order valence-corrected chi connectivity index (χ0v) is 6.55. The Bertz CT molecular complexity index is 134. The zero-order valence-electron chi connectivity index (χ0n) is 6.55. The van der Waals surface area contributed by atoms with E-state index in [1.54, 1.807) is 38.5 Å². The fraction of sp³-hybridized carbons (Fsp3) is 1.00. The van der Waals surface area contributed by atoms with E-state index in [-0.39, 0.29) is 0 Å². The summed E-state index contributed by atoms with van der Waals surface area (Å²) in [5.41, 5.74) is 0. The maximum atomic E-state index is 1.62. The summed E-state index contributed by atoms with van der Waals surface area (Å²) in [5, 5.41) is 0. The van der Waals surface area contributed by atoms with Gasteiger partial charge >= 0.3 is 0 Å². The first-order valence-corrected chi connectivity index (χ1v) is 4.95. The van der Waals surface area contributed by atoms with Crippen LogP contribution in [0.2, 0.25) is 0 Å². The molecule has 0 amide bonds. The Balaban J connectivity index is 1.92. The molecule has 0 heterocycles.